The molecule has 2 aromatic heterocycles. The van der Waals surface area contributed by atoms with Gasteiger partial charge in [0.05, 0.1) is 18.6 Å². The fraction of sp³-hybridized carbons (Fsp3) is 0.200. The molecule has 0 aliphatic carbocycles. The van der Waals surface area contributed by atoms with Gasteiger partial charge in [-0.05, 0) is 24.6 Å². The van der Waals surface area contributed by atoms with E-state index in [1.54, 1.807) is 31.3 Å². The molecule has 0 radical (unpaired) electrons. The highest BCUT2D eigenvalue weighted by molar-refractivity contribution is 7.89. The Balaban J connectivity index is 1.95. The zero-order chi connectivity index (χ0) is 16.6. The Morgan fingerprint density at radius 2 is 1.91 bits per heavy atom. The minimum absolute atomic E-state index is 0.0464. The second-order valence-corrected chi connectivity index (χ2v) is 7.17. The van der Waals surface area contributed by atoms with Gasteiger partial charge in [0.2, 0.25) is 10.0 Å². The normalized spacial score (nSPS) is 13.6. The molecule has 0 aliphatic heterocycles. The van der Waals surface area contributed by atoms with Crippen molar-refractivity contribution in [1.29, 1.82) is 0 Å². The Kier molecular flexibility index (Phi) is 3.87. The summed E-state index contributed by atoms with van der Waals surface area (Å²) in [6.45, 7) is 1.74. The zero-order valence-electron chi connectivity index (χ0n) is 12.6. The summed E-state index contributed by atoms with van der Waals surface area (Å²) in [5.41, 5.74) is 1.27. The van der Waals surface area contributed by atoms with E-state index in [2.05, 4.69) is 10.1 Å². The summed E-state index contributed by atoms with van der Waals surface area (Å²) in [4.78, 5) is 4.13. The predicted molar refractivity (Wildman–Crippen MR) is 82.8 cm³/mol. The van der Waals surface area contributed by atoms with Gasteiger partial charge in [0.1, 0.15) is 10.7 Å². The van der Waals surface area contributed by atoms with Gasteiger partial charge in [0.25, 0.3) is 0 Å². The highest BCUT2D eigenvalue weighted by atomic mass is 32.2. The van der Waals surface area contributed by atoms with Crippen LogP contribution in [0.5, 0.6) is 0 Å². The lowest BCUT2D eigenvalue weighted by Crippen LogP contribution is -2.30. The van der Waals surface area contributed by atoms with Crippen molar-refractivity contribution in [2.24, 2.45) is 0 Å². The lowest BCUT2D eigenvalue weighted by Gasteiger charge is -2.24. The van der Waals surface area contributed by atoms with Crippen LogP contribution in [0.4, 0.5) is 4.39 Å². The monoisotopic (exact) mass is 334 g/mol. The lowest BCUT2D eigenvalue weighted by molar-refractivity contribution is 0.397. The molecule has 120 valence electrons. The first kappa shape index (κ1) is 15.6. The zero-order valence-corrected chi connectivity index (χ0v) is 13.4. The lowest BCUT2D eigenvalue weighted by atomic mass is 10.1. The molecule has 1 aromatic carbocycles. The molecule has 2 heterocycles. The first-order chi connectivity index (χ1) is 10.9. The van der Waals surface area contributed by atoms with Crippen LogP contribution in [0.2, 0.25) is 0 Å². The highest BCUT2D eigenvalue weighted by Crippen LogP contribution is 2.25. The van der Waals surface area contributed by atoms with Crippen LogP contribution in [0.15, 0.2) is 53.8 Å². The van der Waals surface area contributed by atoms with Crippen molar-refractivity contribution in [3.63, 3.8) is 0 Å². The fourth-order valence-electron chi connectivity index (χ4n) is 2.25. The number of rotatable bonds is 4. The summed E-state index contributed by atoms with van der Waals surface area (Å²) < 4.78 is 41.2. The van der Waals surface area contributed by atoms with E-state index in [9.17, 15) is 12.8 Å². The first-order valence-electron chi connectivity index (χ1n) is 6.92. The van der Waals surface area contributed by atoms with Gasteiger partial charge >= 0.3 is 0 Å². The molecule has 3 rings (SSSR count). The first-order valence-corrected chi connectivity index (χ1v) is 8.36. The molecule has 0 aliphatic rings. The molecule has 3 aromatic rings. The van der Waals surface area contributed by atoms with Crippen molar-refractivity contribution in [2.45, 2.75) is 17.9 Å². The molecule has 8 heteroatoms. The van der Waals surface area contributed by atoms with Crippen LogP contribution in [0.25, 0.3) is 5.65 Å². The van der Waals surface area contributed by atoms with Crippen molar-refractivity contribution < 1.29 is 12.8 Å². The highest BCUT2D eigenvalue weighted by Gasteiger charge is 2.27. The quantitative estimate of drug-likeness (QED) is 0.734. The third-order valence-electron chi connectivity index (χ3n) is 3.80. The van der Waals surface area contributed by atoms with Crippen LogP contribution in [0.3, 0.4) is 0 Å². The molecule has 23 heavy (non-hydrogen) atoms. The van der Waals surface area contributed by atoms with E-state index in [0.29, 0.717) is 11.2 Å². The number of fused-ring (bicyclic) bond motifs is 1. The van der Waals surface area contributed by atoms with Crippen molar-refractivity contribution >= 4 is 15.7 Å². The van der Waals surface area contributed by atoms with Crippen LogP contribution in [-0.2, 0) is 10.0 Å². The van der Waals surface area contributed by atoms with Crippen molar-refractivity contribution in [3.05, 3.63) is 60.3 Å². The molecular weight excluding hydrogens is 319 g/mol. The van der Waals surface area contributed by atoms with Crippen molar-refractivity contribution in [1.82, 2.24) is 18.9 Å². The molecule has 0 N–H and O–H groups in total. The summed E-state index contributed by atoms with van der Waals surface area (Å²) >= 11 is 0. The molecular formula is C15H15FN4O2S. The predicted octanol–water partition coefficient (Wildman–Crippen LogP) is 2.25. The summed E-state index contributed by atoms with van der Waals surface area (Å²) in [5.74, 6) is -0.361. The van der Waals surface area contributed by atoms with E-state index in [1.165, 1.54) is 40.4 Å². The standard InChI is InChI=1S/C15H15FN4O2S/c1-11(12-3-5-13(16)6-4-12)19(2)23(21,22)14-9-17-15-7-8-18-20(15)10-14/h3-11H,1-2H3/t11-/m0/s1. The number of hydrogen-bond donors (Lipinski definition) is 0. The topological polar surface area (TPSA) is 67.6 Å². The number of aromatic nitrogens is 3. The maximum Gasteiger partial charge on any atom is 0.246 e. The molecule has 0 fully saturated rings. The van der Waals surface area contributed by atoms with Crippen LogP contribution < -0.4 is 0 Å². The summed E-state index contributed by atoms with van der Waals surface area (Å²) in [7, 11) is -2.27. The van der Waals surface area contributed by atoms with E-state index in [-0.39, 0.29) is 10.7 Å². The van der Waals surface area contributed by atoms with Crippen molar-refractivity contribution in [2.75, 3.05) is 7.05 Å². The van der Waals surface area contributed by atoms with E-state index >= 15 is 0 Å². The molecule has 0 unspecified atom stereocenters. The van der Waals surface area contributed by atoms with E-state index < -0.39 is 16.1 Å². The SMILES string of the molecule is C[C@@H](c1ccc(F)cc1)N(C)S(=O)(=O)c1cnc2ccnn2c1. The molecule has 0 saturated carbocycles. The second-order valence-electron chi connectivity index (χ2n) is 5.17. The summed E-state index contributed by atoms with van der Waals surface area (Å²) in [5, 5.41) is 3.99. The Morgan fingerprint density at radius 1 is 1.22 bits per heavy atom. The van der Waals surface area contributed by atoms with Gasteiger partial charge in [-0.1, -0.05) is 12.1 Å². The number of benzene rings is 1. The average Bonchev–Trinajstić information content (AvgIpc) is 3.01. The van der Waals surface area contributed by atoms with Gasteiger partial charge in [-0.15, -0.1) is 0 Å². The van der Waals surface area contributed by atoms with E-state index in [1.807, 2.05) is 0 Å². The van der Waals surface area contributed by atoms with Gasteiger partial charge in [-0.3, -0.25) is 0 Å². The smallest absolute Gasteiger partial charge is 0.236 e. The van der Waals surface area contributed by atoms with Crippen molar-refractivity contribution in [3.8, 4) is 0 Å². The Hall–Kier alpha value is -2.32. The molecule has 1 atom stereocenters. The Labute approximate surface area is 133 Å². The molecule has 0 spiro atoms. The van der Waals surface area contributed by atoms with Crippen LogP contribution in [0, 0.1) is 5.82 Å². The van der Waals surface area contributed by atoms with Gasteiger partial charge in [0.15, 0.2) is 5.65 Å². The van der Waals surface area contributed by atoms with Crippen LogP contribution in [0.1, 0.15) is 18.5 Å². The molecule has 0 saturated heterocycles. The van der Waals surface area contributed by atoms with Gasteiger partial charge < -0.3 is 0 Å². The van der Waals surface area contributed by atoms with Crippen LogP contribution >= 0.6 is 0 Å². The fourth-order valence-corrected chi connectivity index (χ4v) is 3.54. The maximum absolute atomic E-state index is 13.0. The van der Waals surface area contributed by atoms with E-state index in [0.717, 1.165) is 0 Å². The Bertz CT molecular complexity index is 938. The van der Waals surface area contributed by atoms with E-state index in [4.69, 9.17) is 0 Å². The second kappa shape index (κ2) is 5.71. The van der Waals surface area contributed by atoms with Gasteiger partial charge in [0, 0.05) is 19.2 Å². The average molecular weight is 334 g/mol. The minimum atomic E-state index is -3.75. The van der Waals surface area contributed by atoms with Gasteiger partial charge in [-0.2, -0.15) is 9.40 Å². The Morgan fingerprint density at radius 3 is 2.61 bits per heavy atom. The molecule has 0 bridgehead atoms. The van der Waals surface area contributed by atoms with Crippen LogP contribution in [-0.4, -0.2) is 34.4 Å². The summed E-state index contributed by atoms with van der Waals surface area (Å²) in [6.07, 6.45) is 4.27. The molecule has 6 nitrogen and oxygen atoms in total. The minimum Gasteiger partial charge on any atom is -0.236 e. The third kappa shape index (κ3) is 2.82. The van der Waals surface area contributed by atoms with Gasteiger partial charge in [-0.25, -0.2) is 22.3 Å². The number of halogens is 1. The third-order valence-corrected chi connectivity index (χ3v) is 5.68. The maximum atomic E-state index is 13.0. The molecule has 0 amide bonds. The largest absolute Gasteiger partial charge is 0.246 e. The number of nitrogens with zero attached hydrogens (tertiary/aromatic N) is 4. The number of sulfonamides is 1. The summed E-state index contributed by atoms with van der Waals surface area (Å²) in [6, 6.07) is 6.99. The number of hydrogen-bond acceptors (Lipinski definition) is 4.